The molecule has 0 radical (unpaired) electrons. The van der Waals surface area contributed by atoms with Crippen LogP contribution < -0.4 is 10.1 Å². The lowest BCUT2D eigenvalue weighted by Gasteiger charge is -2.06. The summed E-state index contributed by atoms with van der Waals surface area (Å²) in [5, 5.41) is 3.07. The highest BCUT2D eigenvalue weighted by atomic mass is 35.5. The predicted molar refractivity (Wildman–Crippen MR) is 55.6 cm³/mol. The summed E-state index contributed by atoms with van der Waals surface area (Å²) in [6.45, 7) is 0.337. The molecule has 0 aliphatic carbocycles. The zero-order chi connectivity index (χ0) is 10.4. The van der Waals surface area contributed by atoms with Crippen LogP contribution in [0.2, 0.25) is 5.02 Å². The standard InChI is InChI=1S/C10H12ClNO2/c1-12-10(13)6-7-14-9-5-3-2-4-8(9)11/h2-5H,6-7H2,1H3,(H,12,13). The first-order valence-corrected chi connectivity index (χ1v) is 4.69. The Bertz CT molecular complexity index is 315. The summed E-state index contributed by atoms with van der Waals surface area (Å²) in [6.07, 6.45) is 0.335. The monoisotopic (exact) mass is 213 g/mol. The summed E-state index contributed by atoms with van der Waals surface area (Å²) in [5.74, 6) is 0.565. The van der Waals surface area contributed by atoms with Crippen LogP contribution in [0, 0.1) is 0 Å². The first-order chi connectivity index (χ1) is 6.74. The van der Waals surface area contributed by atoms with Gasteiger partial charge in [-0.2, -0.15) is 0 Å². The molecule has 0 aliphatic heterocycles. The SMILES string of the molecule is CNC(=O)CCOc1ccccc1Cl. The van der Waals surface area contributed by atoms with Crippen LogP contribution in [0.4, 0.5) is 0 Å². The van der Waals surface area contributed by atoms with Crippen molar-refractivity contribution in [3.8, 4) is 5.75 Å². The fourth-order valence-corrected chi connectivity index (χ4v) is 1.13. The molecule has 1 N–H and O–H groups in total. The van der Waals surface area contributed by atoms with Gasteiger partial charge in [-0.25, -0.2) is 0 Å². The summed E-state index contributed by atoms with van der Waals surface area (Å²) in [6, 6.07) is 7.18. The zero-order valence-electron chi connectivity index (χ0n) is 7.92. The minimum atomic E-state index is -0.0444. The second kappa shape index (κ2) is 5.50. The van der Waals surface area contributed by atoms with Crippen LogP contribution in [-0.4, -0.2) is 19.6 Å². The van der Waals surface area contributed by atoms with E-state index < -0.39 is 0 Å². The maximum Gasteiger partial charge on any atom is 0.223 e. The second-order valence-corrected chi connectivity index (χ2v) is 3.11. The number of amides is 1. The third-order valence-corrected chi connectivity index (χ3v) is 2.01. The van der Waals surface area contributed by atoms with Gasteiger partial charge in [-0.15, -0.1) is 0 Å². The summed E-state index contributed by atoms with van der Waals surface area (Å²) in [7, 11) is 1.60. The Kier molecular flexibility index (Phi) is 4.26. The van der Waals surface area contributed by atoms with E-state index >= 15 is 0 Å². The number of hydrogen-bond acceptors (Lipinski definition) is 2. The average molecular weight is 214 g/mol. The summed E-state index contributed by atoms with van der Waals surface area (Å²) in [5.41, 5.74) is 0. The number of carbonyl (C=O) groups excluding carboxylic acids is 1. The maximum atomic E-state index is 10.9. The van der Waals surface area contributed by atoms with Crippen molar-refractivity contribution in [3.63, 3.8) is 0 Å². The van der Waals surface area contributed by atoms with Gasteiger partial charge in [-0.1, -0.05) is 23.7 Å². The lowest BCUT2D eigenvalue weighted by molar-refractivity contribution is -0.121. The van der Waals surface area contributed by atoms with E-state index in [9.17, 15) is 4.79 Å². The van der Waals surface area contributed by atoms with Gasteiger partial charge >= 0.3 is 0 Å². The van der Waals surface area contributed by atoms with Gasteiger partial charge in [-0.3, -0.25) is 4.79 Å². The van der Waals surface area contributed by atoms with Gasteiger partial charge in [0.05, 0.1) is 18.1 Å². The molecule has 0 fully saturated rings. The van der Waals surface area contributed by atoms with E-state index in [1.807, 2.05) is 12.1 Å². The number of halogens is 1. The molecule has 0 spiro atoms. The number of ether oxygens (including phenoxy) is 1. The summed E-state index contributed by atoms with van der Waals surface area (Å²) < 4.78 is 5.32. The molecule has 0 atom stereocenters. The molecule has 4 heteroatoms. The first-order valence-electron chi connectivity index (χ1n) is 4.32. The van der Waals surface area contributed by atoms with Crippen LogP contribution in [0.5, 0.6) is 5.75 Å². The molecule has 76 valence electrons. The van der Waals surface area contributed by atoms with Crippen molar-refractivity contribution >= 4 is 17.5 Å². The number of rotatable bonds is 4. The predicted octanol–water partition coefficient (Wildman–Crippen LogP) is 1.85. The highest BCUT2D eigenvalue weighted by molar-refractivity contribution is 6.32. The van der Waals surface area contributed by atoms with Crippen molar-refractivity contribution in [3.05, 3.63) is 29.3 Å². The molecule has 0 saturated heterocycles. The minimum Gasteiger partial charge on any atom is -0.491 e. The number of benzene rings is 1. The van der Waals surface area contributed by atoms with Gasteiger partial charge < -0.3 is 10.1 Å². The number of carbonyl (C=O) groups is 1. The van der Waals surface area contributed by atoms with Crippen molar-refractivity contribution in [2.75, 3.05) is 13.7 Å². The molecular weight excluding hydrogens is 202 g/mol. The van der Waals surface area contributed by atoms with E-state index in [0.29, 0.717) is 23.8 Å². The Morgan fingerprint density at radius 1 is 1.50 bits per heavy atom. The van der Waals surface area contributed by atoms with Gasteiger partial charge in [0, 0.05) is 7.05 Å². The molecule has 0 saturated carbocycles. The highest BCUT2D eigenvalue weighted by Crippen LogP contribution is 2.22. The first kappa shape index (κ1) is 10.9. The molecule has 0 heterocycles. The van der Waals surface area contributed by atoms with Crippen LogP contribution >= 0.6 is 11.6 Å². The van der Waals surface area contributed by atoms with Crippen LogP contribution in [0.3, 0.4) is 0 Å². The van der Waals surface area contributed by atoms with E-state index in [1.54, 1.807) is 19.2 Å². The van der Waals surface area contributed by atoms with Crippen LogP contribution in [0.1, 0.15) is 6.42 Å². The van der Waals surface area contributed by atoms with E-state index in [4.69, 9.17) is 16.3 Å². The molecule has 14 heavy (non-hydrogen) atoms. The average Bonchev–Trinajstić information content (AvgIpc) is 2.20. The number of hydrogen-bond donors (Lipinski definition) is 1. The Hall–Kier alpha value is -1.22. The van der Waals surface area contributed by atoms with Crippen molar-refractivity contribution in [1.82, 2.24) is 5.32 Å². The van der Waals surface area contributed by atoms with Gasteiger partial charge in [0.2, 0.25) is 5.91 Å². The second-order valence-electron chi connectivity index (χ2n) is 2.70. The van der Waals surface area contributed by atoms with Gasteiger partial charge in [0.15, 0.2) is 0 Å². The van der Waals surface area contributed by atoms with E-state index in [0.717, 1.165) is 0 Å². The van der Waals surface area contributed by atoms with Crippen LogP contribution in [-0.2, 0) is 4.79 Å². The van der Waals surface area contributed by atoms with Crippen molar-refractivity contribution in [2.24, 2.45) is 0 Å². The van der Waals surface area contributed by atoms with E-state index in [2.05, 4.69) is 5.32 Å². The molecule has 1 rings (SSSR count). The van der Waals surface area contributed by atoms with Gasteiger partial charge in [0.1, 0.15) is 5.75 Å². The fraction of sp³-hybridized carbons (Fsp3) is 0.300. The molecule has 1 aromatic carbocycles. The Labute approximate surface area is 88.0 Å². The smallest absolute Gasteiger partial charge is 0.223 e. The van der Waals surface area contributed by atoms with Crippen molar-refractivity contribution in [2.45, 2.75) is 6.42 Å². The lowest BCUT2D eigenvalue weighted by atomic mass is 10.3. The minimum absolute atomic E-state index is 0.0444. The topological polar surface area (TPSA) is 38.3 Å². The Morgan fingerprint density at radius 2 is 2.21 bits per heavy atom. The number of nitrogens with one attached hydrogen (secondary N) is 1. The molecule has 0 bridgehead atoms. The van der Waals surface area contributed by atoms with Crippen LogP contribution in [0.25, 0.3) is 0 Å². The molecule has 1 aromatic rings. The quantitative estimate of drug-likeness (QED) is 0.829. The third-order valence-electron chi connectivity index (χ3n) is 1.70. The molecular formula is C10H12ClNO2. The van der Waals surface area contributed by atoms with E-state index in [-0.39, 0.29) is 5.91 Å². The van der Waals surface area contributed by atoms with Crippen LogP contribution in [0.15, 0.2) is 24.3 Å². The normalized spacial score (nSPS) is 9.57. The molecule has 1 amide bonds. The van der Waals surface area contributed by atoms with Gasteiger partial charge in [-0.05, 0) is 12.1 Å². The van der Waals surface area contributed by atoms with Crippen molar-refractivity contribution < 1.29 is 9.53 Å². The lowest BCUT2D eigenvalue weighted by Crippen LogP contribution is -2.20. The molecule has 0 aliphatic rings. The maximum absolute atomic E-state index is 10.9. The highest BCUT2D eigenvalue weighted by Gasteiger charge is 2.01. The summed E-state index contributed by atoms with van der Waals surface area (Å²) >= 11 is 5.85. The molecule has 3 nitrogen and oxygen atoms in total. The molecule has 0 aromatic heterocycles. The largest absolute Gasteiger partial charge is 0.491 e. The van der Waals surface area contributed by atoms with E-state index in [1.165, 1.54) is 0 Å². The third kappa shape index (κ3) is 3.26. The molecule has 0 unspecified atom stereocenters. The number of para-hydroxylation sites is 1. The van der Waals surface area contributed by atoms with Gasteiger partial charge in [0.25, 0.3) is 0 Å². The Balaban J connectivity index is 2.39. The zero-order valence-corrected chi connectivity index (χ0v) is 8.67. The summed E-state index contributed by atoms with van der Waals surface area (Å²) in [4.78, 5) is 10.9. The van der Waals surface area contributed by atoms with Crippen molar-refractivity contribution in [1.29, 1.82) is 0 Å². The Morgan fingerprint density at radius 3 is 2.86 bits per heavy atom. The fourth-order valence-electron chi connectivity index (χ4n) is 0.940.